The van der Waals surface area contributed by atoms with Gasteiger partial charge in [0.25, 0.3) is 0 Å². The molecule has 3 amide bonds. The molecule has 2 aromatic rings. The number of carbonyl (C=O) groups excluding carboxylic acids is 4. The van der Waals surface area contributed by atoms with E-state index in [0.29, 0.717) is 14.4 Å². The number of esters is 1. The van der Waals surface area contributed by atoms with Gasteiger partial charge in [-0.2, -0.15) is 0 Å². The summed E-state index contributed by atoms with van der Waals surface area (Å²) >= 11 is 0. The van der Waals surface area contributed by atoms with Crippen LogP contribution in [-0.4, -0.2) is 86.6 Å². The lowest BCUT2D eigenvalue weighted by molar-refractivity contribution is -0.145. The second-order valence-corrected chi connectivity index (χ2v) is 12.4. The standard InChI is InChI=1S/C28H38N4O5P2/c1-37-28(36)23(16-20-13-9-6-10-14-20)31-27(35)24(17-38-2)32-26(34)22(15-19-11-7-5-8-12-19)30-25(33)21(29)18-39(3)4/h5-14,21-24,39H,2-3,15-18,29H2,1,4H3,(H,30,33)(H,31,35)(H,32,34)/t21?,22-,23-,24-/m0/s1. The fraction of sp³-hybridized carbons (Fsp3) is 0.357. The van der Waals surface area contributed by atoms with Crippen LogP contribution in [0.25, 0.3) is 0 Å². The molecule has 0 aliphatic heterocycles. The first kappa shape index (κ1) is 32.0. The Morgan fingerprint density at radius 3 is 1.79 bits per heavy atom. The average Bonchev–Trinajstić information content (AvgIpc) is 2.92. The van der Waals surface area contributed by atoms with Crippen LogP contribution in [0.15, 0.2) is 60.7 Å². The van der Waals surface area contributed by atoms with Crippen molar-refractivity contribution in [2.45, 2.75) is 37.0 Å². The number of hydrogen-bond acceptors (Lipinski definition) is 6. The summed E-state index contributed by atoms with van der Waals surface area (Å²) in [5.41, 5.74) is 7.71. The lowest BCUT2D eigenvalue weighted by Crippen LogP contribution is -2.58. The van der Waals surface area contributed by atoms with E-state index in [4.69, 9.17) is 10.5 Å². The van der Waals surface area contributed by atoms with E-state index in [1.54, 1.807) is 0 Å². The van der Waals surface area contributed by atoms with Gasteiger partial charge in [0.1, 0.15) is 18.1 Å². The molecular weight excluding hydrogens is 534 g/mol. The topological polar surface area (TPSA) is 140 Å². The maximum atomic E-state index is 13.4. The molecule has 0 saturated carbocycles. The van der Waals surface area contributed by atoms with Crippen molar-refractivity contribution in [2.24, 2.45) is 5.73 Å². The number of nitrogens with one attached hydrogen (secondary N) is 3. The lowest BCUT2D eigenvalue weighted by atomic mass is 10.0. The number of amides is 3. The molecule has 5 N–H and O–H groups in total. The second-order valence-electron chi connectivity index (χ2n) is 9.26. The van der Waals surface area contributed by atoms with Gasteiger partial charge in [-0.1, -0.05) is 67.0 Å². The molecule has 0 radical (unpaired) electrons. The van der Waals surface area contributed by atoms with Gasteiger partial charge in [0.2, 0.25) is 17.7 Å². The number of ether oxygens (including phenoxy) is 1. The fourth-order valence-corrected chi connectivity index (χ4v) is 5.31. The minimum Gasteiger partial charge on any atom is -0.467 e. The normalized spacial score (nSPS) is 14.7. The predicted octanol–water partition coefficient (Wildman–Crippen LogP) is 1.08. The van der Waals surface area contributed by atoms with Crippen molar-refractivity contribution < 1.29 is 23.9 Å². The Bertz CT molecular complexity index is 1150. The average molecular weight is 573 g/mol. The molecule has 2 rings (SSSR count). The lowest BCUT2D eigenvalue weighted by Gasteiger charge is -2.25. The van der Waals surface area contributed by atoms with Crippen molar-refractivity contribution in [3.05, 3.63) is 71.8 Å². The van der Waals surface area contributed by atoms with E-state index in [1.807, 2.05) is 67.3 Å². The maximum Gasteiger partial charge on any atom is 0.328 e. The molecule has 0 aliphatic carbocycles. The number of benzene rings is 2. The van der Waals surface area contributed by atoms with Gasteiger partial charge in [-0.15, -0.1) is 22.0 Å². The Hall–Kier alpha value is -3.25. The van der Waals surface area contributed by atoms with Crippen LogP contribution in [0.4, 0.5) is 0 Å². The van der Waals surface area contributed by atoms with E-state index < -0.39 is 55.4 Å². The highest BCUT2D eigenvalue weighted by Gasteiger charge is 2.30. The molecule has 0 fully saturated rings. The second kappa shape index (κ2) is 16.7. The zero-order valence-electron chi connectivity index (χ0n) is 22.4. The van der Waals surface area contributed by atoms with Crippen LogP contribution in [-0.2, 0) is 36.8 Å². The zero-order chi connectivity index (χ0) is 28.8. The minimum atomic E-state index is -1.01. The summed E-state index contributed by atoms with van der Waals surface area (Å²) < 4.78 is 4.89. The molecule has 5 atom stereocenters. The summed E-state index contributed by atoms with van der Waals surface area (Å²) in [6.07, 6.45) is 8.84. The summed E-state index contributed by atoms with van der Waals surface area (Å²) in [5.74, 6) is -2.15. The smallest absolute Gasteiger partial charge is 0.328 e. The largest absolute Gasteiger partial charge is 0.467 e. The highest BCUT2D eigenvalue weighted by Crippen LogP contribution is 2.13. The van der Waals surface area contributed by atoms with Crippen LogP contribution in [0.5, 0.6) is 0 Å². The first-order chi connectivity index (χ1) is 18.6. The Balaban J connectivity index is 2.20. The monoisotopic (exact) mass is 572 g/mol. The van der Waals surface area contributed by atoms with Crippen LogP contribution < -0.4 is 21.7 Å². The van der Waals surface area contributed by atoms with Crippen molar-refractivity contribution in [1.82, 2.24) is 16.0 Å². The van der Waals surface area contributed by atoms with E-state index in [0.717, 1.165) is 11.1 Å². The number of rotatable bonds is 15. The third kappa shape index (κ3) is 11.2. The first-order valence-corrected chi connectivity index (χ1v) is 16.2. The van der Waals surface area contributed by atoms with Crippen molar-refractivity contribution in [3.8, 4) is 0 Å². The van der Waals surface area contributed by atoms with Crippen LogP contribution in [0, 0.1) is 0 Å². The number of hydrogen-bond donors (Lipinski definition) is 4. The molecule has 0 saturated heterocycles. The number of methoxy groups -OCH3 is 1. The Labute approximate surface area is 232 Å². The van der Waals surface area contributed by atoms with Gasteiger partial charge >= 0.3 is 5.97 Å². The summed E-state index contributed by atoms with van der Waals surface area (Å²) in [6.45, 7) is 1.95. The van der Waals surface area contributed by atoms with E-state index in [1.165, 1.54) is 7.11 Å². The zero-order valence-corrected chi connectivity index (χ0v) is 24.3. The van der Waals surface area contributed by atoms with Gasteiger partial charge < -0.3 is 26.4 Å². The highest BCUT2D eigenvalue weighted by atomic mass is 31.1. The van der Waals surface area contributed by atoms with Gasteiger partial charge in [-0.25, -0.2) is 4.79 Å². The van der Waals surface area contributed by atoms with Crippen LogP contribution >= 0.6 is 15.7 Å². The van der Waals surface area contributed by atoms with Gasteiger partial charge in [-0.3, -0.25) is 14.4 Å². The molecule has 11 heteroatoms. The van der Waals surface area contributed by atoms with Gasteiger partial charge in [0.15, 0.2) is 0 Å². The van der Waals surface area contributed by atoms with Gasteiger partial charge in [-0.05, 0) is 24.0 Å². The summed E-state index contributed by atoms with van der Waals surface area (Å²) in [7, 11) is 0.849. The summed E-state index contributed by atoms with van der Waals surface area (Å²) in [5, 5.41) is 8.19. The van der Waals surface area contributed by atoms with Crippen molar-refractivity contribution in [1.29, 1.82) is 0 Å². The molecule has 39 heavy (non-hydrogen) atoms. The molecule has 2 aromatic carbocycles. The number of carbonyl (C=O) groups is 4. The molecular formula is C28H38N4O5P2. The van der Waals surface area contributed by atoms with Crippen LogP contribution in [0.2, 0.25) is 0 Å². The van der Waals surface area contributed by atoms with Gasteiger partial charge in [0.05, 0.1) is 13.2 Å². The Morgan fingerprint density at radius 2 is 1.31 bits per heavy atom. The maximum absolute atomic E-state index is 13.4. The molecule has 0 aliphatic rings. The predicted molar refractivity (Wildman–Crippen MR) is 161 cm³/mol. The Kier molecular flexibility index (Phi) is 13.7. The highest BCUT2D eigenvalue weighted by molar-refractivity contribution is 7.55. The quantitative estimate of drug-likeness (QED) is 0.186. The van der Waals surface area contributed by atoms with Crippen LogP contribution in [0.1, 0.15) is 11.1 Å². The summed E-state index contributed by atoms with van der Waals surface area (Å²) in [4.78, 5) is 51.9. The SMILES string of the molecule is C=PC[C@H](NC(=O)[C@H](Cc1ccccc1)NC(=O)C(N)C[PH](=C)C)C(=O)N[C@@H](Cc1ccccc1)C(=O)OC. The summed E-state index contributed by atoms with van der Waals surface area (Å²) in [6, 6.07) is 14.7. The van der Waals surface area contributed by atoms with Gasteiger partial charge in [0, 0.05) is 19.0 Å². The molecule has 0 spiro atoms. The fourth-order valence-electron chi connectivity index (χ4n) is 3.86. The van der Waals surface area contributed by atoms with E-state index >= 15 is 0 Å². The molecule has 0 bridgehead atoms. The molecule has 2 unspecified atom stereocenters. The third-order valence-corrected chi connectivity index (χ3v) is 7.61. The minimum absolute atomic E-state index is 0.200. The van der Waals surface area contributed by atoms with Crippen LogP contribution in [0.3, 0.4) is 0 Å². The first-order valence-electron chi connectivity index (χ1n) is 12.5. The molecule has 0 aromatic heterocycles. The van der Waals surface area contributed by atoms with E-state index in [9.17, 15) is 19.2 Å². The molecule has 9 nitrogen and oxygen atoms in total. The van der Waals surface area contributed by atoms with Crippen molar-refractivity contribution in [2.75, 3.05) is 26.1 Å². The van der Waals surface area contributed by atoms with Crippen molar-refractivity contribution >= 4 is 52.0 Å². The van der Waals surface area contributed by atoms with Crippen molar-refractivity contribution in [3.63, 3.8) is 0 Å². The Morgan fingerprint density at radius 1 is 0.846 bits per heavy atom. The van der Waals surface area contributed by atoms with E-state index in [2.05, 4.69) is 28.5 Å². The van der Waals surface area contributed by atoms with E-state index in [-0.39, 0.29) is 19.0 Å². The number of nitrogens with two attached hydrogens (primary N) is 1. The molecule has 0 heterocycles. The third-order valence-electron chi connectivity index (χ3n) is 5.85. The molecule has 210 valence electrons.